The predicted molar refractivity (Wildman–Crippen MR) is 59.1 cm³/mol. The van der Waals surface area contributed by atoms with Crippen molar-refractivity contribution in [2.24, 2.45) is 7.05 Å². The molecule has 4 nitrogen and oxygen atoms in total. The zero-order valence-electron chi connectivity index (χ0n) is 8.01. The Kier molecular flexibility index (Phi) is 2.64. The van der Waals surface area contributed by atoms with E-state index in [-0.39, 0.29) is 5.75 Å². The summed E-state index contributed by atoms with van der Waals surface area (Å²) in [6.07, 6.45) is 1.77. The Balaban J connectivity index is 2.29. The molecule has 0 unspecified atom stereocenters. The fraction of sp³-hybridized carbons (Fsp3) is 0.100. The average molecular weight is 269 g/mol. The number of benzene rings is 1. The van der Waals surface area contributed by atoms with Gasteiger partial charge in [0.2, 0.25) is 0 Å². The maximum absolute atomic E-state index is 9.50. The van der Waals surface area contributed by atoms with Crippen LogP contribution >= 0.6 is 15.9 Å². The van der Waals surface area contributed by atoms with E-state index >= 15 is 0 Å². The monoisotopic (exact) mass is 268 g/mol. The Labute approximate surface area is 95.3 Å². The van der Waals surface area contributed by atoms with E-state index in [2.05, 4.69) is 20.9 Å². The molecular formula is C10H9BrN2O2. The lowest BCUT2D eigenvalue weighted by molar-refractivity contribution is 0.383. The summed E-state index contributed by atoms with van der Waals surface area (Å²) in [4.78, 5) is 4.09. The number of imidazole rings is 1. The highest BCUT2D eigenvalue weighted by molar-refractivity contribution is 9.10. The molecule has 0 aliphatic heterocycles. The first-order valence-corrected chi connectivity index (χ1v) is 5.11. The third-order valence-corrected chi connectivity index (χ3v) is 2.25. The molecule has 0 saturated carbocycles. The fourth-order valence-corrected chi connectivity index (χ4v) is 1.61. The van der Waals surface area contributed by atoms with E-state index < -0.39 is 0 Å². The van der Waals surface area contributed by atoms with Gasteiger partial charge in [0.15, 0.2) is 11.5 Å². The highest BCUT2D eigenvalue weighted by Crippen LogP contribution is 2.29. The number of halogens is 1. The minimum absolute atomic E-state index is 0.0941. The van der Waals surface area contributed by atoms with Gasteiger partial charge < -0.3 is 14.4 Å². The summed E-state index contributed by atoms with van der Waals surface area (Å²) in [5, 5.41) is 9.50. The Hall–Kier alpha value is -1.49. The first-order valence-electron chi connectivity index (χ1n) is 4.31. The van der Waals surface area contributed by atoms with Gasteiger partial charge in [0.1, 0.15) is 4.60 Å². The zero-order chi connectivity index (χ0) is 10.8. The molecule has 15 heavy (non-hydrogen) atoms. The predicted octanol–water partition coefficient (Wildman–Crippen LogP) is 2.68. The van der Waals surface area contributed by atoms with Crippen LogP contribution in [0.2, 0.25) is 0 Å². The Morgan fingerprint density at radius 3 is 2.73 bits per heavy atom. The second kappa shape index (κ2) is 3.94. The van der Waals surface area contributed by atoms with Crippen LogP contribution in [0.15, 0.2) is 35.1 Å². The van der Waals surface area contributed by atoms with E-state index in [4.69, 9.17) is 4.74 Å². The Bertz CT molecular complexity index is 482. The normalized spacial score (nSPS) is 10.3. The van der Waals surface area contributed by atoms with Gasteiger partial charge in [-0.1, -0.05) is 12.1 Å². The van der Waals surface area contributed by atoms with E-state index in [1.165, 1.54) is 0 Å². The number of aromatic nitrogens is 2. The lowest BCUT2D eigenvalue weighted by atomic mass is 10.3. The SMILES string of the molecule is Cn1cc(Br)nc1Oc1ccccc1O. The lowest BCUT2D eigenvalue weighted by Crippen LogP contribution is -1.93. The van der Waals surface area contributed by atoms with Crippen molar-refractivity contribution < 1.29 is 9.84 Å². The zero-order valence-corrected chi connectivity index (χ0v) is 9.60. The number of phenolic OH excluding ortho intramolecular Hbond substituents is 1. The fourth-order valence-electron chi connectivity index (χ4n) is 1.15. The molecule has 0 spiro atoms. The summed E-state index contributed by atoms with van der Waals surface area (Å²) in [6, 6.07) is 7.18. The summed E-state index contributed by atoms with van der Waals surface area (Å²) < 4.78 is 7.84. The van der Waals surface area contributed by atoms with E-state index in [0.717, 1.165) is 0 Å². The largest absolute Gasteiger partial charge is 0.504 e. The van der Waals surface area contributed by atoms with Crippen molar-refractivity contribution in [3.63, 3.8) is 0 Å². The van der Waals surface area contributed by atoms with Crippen LogP contribution in [0.5, 0.6) is 17.5 Å². The molecule has 0 bridgehead atoms. The lowest BCUT2D eigenvalue weighted by Gasteiger charge is -2.05. The number of nitrogens with zero attached hydrogens (tertiary/aromatic N) is 2. The summed E-state index contributed by atoms with van der Waals surface area (Å²) in [5.41, 5.74) is 0. The van der Waals surface area contributed by atoms with Crippen molar-refractivity contribution in [2.45, 2.75) is 0 Å². The first kappa shape index (κ1) is 10.0. The van der Waals surface area contributed by atoms with E-state index in [1.807, 2.05) is 7.05 Å². The number of aryl methyl sites for hydroxylation is 1. The second-order valence-corrected chi connectivity index (χ2v) is 3.84. The van der Waals surface area contributed by atoms with Crippen molar-refractivity contribution in [1.82, 2.24) is 9.55 Å². The van der Waals surface area contributed by atoms with Crippen molar-refractivity contribution in [1.29, 1.82) is 0 Å². The van der Waals surface area contributed by atoms with E-state index in [1.54, 1.807) is 35.0 Å². The quantitative estimate of drug-likeness (QED) is 0.911. The summed E-state index contributed by atoms with van der Waals surface area (Å²) in [6.45, 7) is 0. The van der Waals surface area contributed by atoms with Gasteiger partial charge >= 0.3 is 6.01 Å². The molecule has 0 atom stereocenters. The van der Waals surface area contributed by atoms with Crippen molar-refractivity contribution in [3.05, 3.63) is 35.1 Å². The topological polar surface area (TPSA) is 47.3 Å². The molecule has 2 rings (SSSR count). The number of phenols is 1. The van der Waals surface area contributed by atoms with E-state index in [9.17, 15) is 5.11 Å². The molecule has 0 aliphatic carbocycles. The molecule has 78 valence electrons. The smallest absolute Gasteiger partial charge is 0.302 e. The molecule has 0 saturated heterocycles. The van der Waals surface area contributed by atoms with Gasteiger partial charge in [0.25, 0.3) is 0 Å². The minimum Gasteiger partial charge on any atom is -0.504 e. The molecule has 1 aromatic carbocycles. The molecule has 1 N–H and O–H groups in total. The highest BCUT2D eigenvalue weighted by Gasteiger charge is 2.08. The number of hydrogen-bond donors (Lipinski definition) is 1. The maximum Gasteiger partial charge on any atom is 0.302 e. The number of rotatable bonds is 2. The van der Waals surface area contributed by atoms with Crippen molar-refractivity contribution in [3.8, 4) is 17.5 Å². The van der Waals surface area contributed by atoms with Crippen LogP contribution in [0.3, 0.4) is 0 Å². The van der Waals surface area contributed by atoms with Gasteiger partial charge in [0, 0.05) is 13.2 Å². The van der Waals surface area contributed by atoms with Crippen LogP contribution in [0.4, 0.5) is 0 Å². The number of aromatic hydroxyl groups is 1. The van der Waals surface area contributed by atoms with E-state index in [0.29, 0.717) is 16.4 Å². The average Bonchev–Trinajstić information content (AvgIpc) is 2.49. The summed E-state index contributed by atoms with van der Waals surface area (Å²) in [7, 11) is 1.81. The van der Waals surface area contributed by atoms with Gasteiger partial charge in [-0.05, 0) is 28.1 Å². The molecular weight excluding hydrogens is 260 g/mol. The summed E-state index contributed by atoms with van der Waals surface area (Å²) in [5.74, 6) is 0.482. The molecule has 2 aromatic rings. The second-order valence-electron chi connectivity index (χ2n) is 3.03. The molecule has 0 fully saturated rings. The Morgan fingerprint density at radius 2 is 2.13 bits per heavy atom. The third-order valence-electron chi connectivity index (χ3n) is 1.87. The van der Waals surface area contributed by atoms with Crippen molar-refractivity contribution >= 4 is 15.9 Å². The van der Waals surface area contributed by atoms with Crippen LogP contribution in [-0.2, 0) is 7.05 Å². The number of hydrogen-bond acceptors (Lipinski definition) is 3. The molecule has 1 aromatic heterocycles. The molecule has 0 aliphatic rings. The minimum atomic E-state index is 0.0941. The van der Waals surface area contributed by atoms with Crippen LogP contribution in [0.1, 0.15) is 0 Å². The molecule has 1 heterocycles. The maximum atomic E-state index is 9.50. The number of ether oxygens (including phenoxy) is 1. The van der Waals surface area contributed by atoms with Gasteiger partial charge in [-0.3, -0.25) is 0 Å². The number of para-hydroxylation sites is 2. The molecule has 5 heteroatoms. The van der Waals surface area contributed by atoms with Gasteiger partial charge in [-0.2, -0.15) is 4.98 Å². The first-order chi connectivity index (χ1) is 7.16. The van der Waals surface area contributed by atoms with Crippen LogP contribution in [0, 0.1) is 0 Å². The molecule has 0 amide bonds. The Morgan fingerprint density at radius 1 is 1.40 bits per heavy atom. The molecule has 0 radical (unpaired) electrons. The van der Waals surface area contributed by atoms with Gasteiger partial charge in [-0.15, -0.1) is 0 Å². The van der Waals surface area contributed by atoms with Gasteiger partial charge in [-0.25, -0.2) is 0 Å². The third kappa shape index (κ3) is 2.12. The van der Waals surface area contributed by atoms with Crippen LogP contribution in [0.25, 0.3) is 0 Å². The van der Waals surface area contributed by atoms with Crippen molar-refractivity contribution in [2.75, 3.05) is 0 Å². The summed E-state index contributed by atoms with van der Waals surface area (Å²) >= 11 is 3.24. The van der Waals surface area contributed by atoms with Crippen LogP contribution in [-0.4, -0.2) is 14.7 Å². The van der Waals surface area contributed by atoms with Crippen LogP contribution < -0.4 is 4.74 Å². The highest BCUT2D eigenvalue weighted by atomic mass is 79.9. The van der Waals surface area contributed by atoms with Gasteiger partial charge in [0.05, 0.1) is 0 Å². The standard InChI is InChI=1S/C10H9BrN2O2/c1-13-6-9(11)12-10(13)15-8-5-3-2-4-7(8)14/h2-6,14H,1H3.